The molecule has 1 aliphatic heterocycles. The third kappa shape index (κ3) is 3.81. The van der Waals surface area contributed by atoms with Gasteiger partial charge in [0.05, 0.1) is 0 Å². The number of benzene rings is 1. The Morgan fingerprint density at radius 2 is 2.28 bits per heavy atom. The smallest absolute Gasteiger partial charge is 0.0209 e. The van der Waals surface area contributed by atoms with Gasteiger partial charge in [-0.2, -0.15) is 0 Å². The van der Waals surface area contributed by atoms with Crippen molar-refractivity contribution in [2.75, 3.05) is 19.6 Å². The van der Waals surface area contributed by atoms with Crippen LogP contribution in [0.15, 0.2) is 22.7 Å². The van der Waals surface area contributed by atoms with Crippen molar-refractivity contribution in [2.24, 2.45) is 0 Å². The lowest BCUT2D eigenvalue weighted by atomic mass is 10.1. The molecule has 100 valence electrons. The number of nitrogens with zero attached hydrogens (tertiary/aromatic N) is 1. The van der Waals surface area contributed by atoms with Crippen molar-refractivity contribution in [3.8, 4) is 0 Å². The molecule has 3 heteroatoms. The summed E-state index contributed by atoms with van der Waals surface area (Å²) in [7, 11) is 0. The van der Waals surface area contributed by atoms with E-state index in [1.165, 1.54) is 48.1 Å². The molecule has 1 fully saturated rings. The Labute approximate surface area is 119 Å². The van der Waals surface area contributed by atoms with Gasteiger partial charge in [0.2, 0.25) is 0 Å². The minimum absolute atomic E-state index is 0.652. The number of likely N-dealkylation sites (N-methyl/N-ethyl adjacent to an activating group) is 1. The van der Waals surface area contributed by atoms with Gasteiger partial charge in [-0.1, -0.05) is 35.0 Å². The molecule has 0 saturated carbocycles. The second kappa shape index (κ2) is 6.69. The maximum Gasteiger partial charge on any atom is 0.0209 e. The summed E-state index contributed by atoms with van der Waals surface area (Å²) in [5, 5.41) is 3.69. The molecule has 1 aliphatic rings. The number of nitrogens with one attached hydrogen (secondary N) is 1. The van der Waals surface area contributed by atoms with Gasteiger partial charge in [0.1, 0.15) is 0 Å². The Morgan fingerprint density at radius 3 is 3.00 bits per heavy atom. The molecular weight excluding hydrogens is 288 g/mol. The molecule has 0 amide bonds. The standard InChI is InChI=1S/C15H23BrN2/c1-3-18-8-4-5-14(11-18)17-10-13-7-6-12(2)15(16)9-13/h6-7,9,14,17H,3-5,8,10-11H2,1-2H3. The van der Waals surface area contributed by atoms with Crippen LogP contribution in [0.4, 0.5) is 0 Å². The van der Waals surface area contributed by atoms with Crippen molar-refractivity contribution in [2.45, 2.75) is 39.3 Å². The summed E-state index contributed by atoms with van der Waals surface area (Å²) < 4.78 is 1.21. The molecule has 1 heterocycles. The average Bonchev–Trinajstić information content (AvgIpc) is 2.40. The Bertz CT molecular complexity index is 392. The highest BCUT2D eigenvalue weighted by Gasteiger charge is 2.17. The zero-order valence-electron chi connectivity index (χ0n) is 11.4. The van der Waals surface area contributed by atoms with Gasteiger partial charge in [-0.25, -0.2) is 0 Å². The van der Waals surface area contributed by atoms with E-state index in [0.717, 1.165) is 6.54 Å². The van der Waals surface area contributed by atoms with Gasteiger partial charge in [0, 0.05) is 23.6 Å². The van der Waals surface area contributed by atoms with Crippen LogP contribution in [-0.4, -0.2) is 30.6 Å². The predicted molar refractivity (Wildman–Crippen MR) is 80.9 cm³/mol. The van der Waals surface area contributed by atoms with Gasteiger partial charge >= 0.3 is 0 Å². The van der Waals surface area contributed by atoms with E-state index in [-0.39, 0.29) is 0 Å². The number of aryl methyl sites for hydroxylation is 1. The van der Waals surface area contributed by atoms with Crippen LogP contribution in [0.2, 0.25) is 0 Å². The zero-order valence-corrected chi connectivity index (χ0v) is 13.0. The molecule has 1 aromatic rings. The molecule has 0 radical (unpaired) electrons. The summed E-state index contributed by atoms with van der Waals surface area (Å²) in [4.78, 5) is 2.53. The van der Waals surface area contributed by atoms with Gasteiger partial charge in [-0.15, -0.1) is 0 Å². The van der Waals surface area contributed by atoms with Crippen molar-refractivity contribution >= 4 is 15.9 Å². The lowest BCUT2D eigenvalue weighted by molar-refractivity contribution is 0.198. The summed E-state index contributed by atoms with van der Waals surface area (Å²) in [5.41, 5.74) is 2.66. The van der Waals surface area contributed by atoms with E-state index in [9.17, 15) is 0 Å². The fourth-order valence-electron chi connectivity index (χ4n) is 2.52. The van der Waals surface area contributed by atoms with Crippen molar-refractivity contribution in [3.05, 3.63) is 33.8 Å². The van der Waals surface area contributed by atoms with E-state index in [4.69, 9.17) is 0 Å². The molecule has 1 saturated heterocycles. The van der Waals surface area contributed by atoms with Crippen LogP contribution in [0.3, 0.4) is 0 Å². The van der Waals surface area contributed by atoms with Crippen LogP contribution in [0.1, 0.15) is 30.9 Å². The minimum atomic E-state index is 0.652. The van der Waals surface area contributed by atoms with Gasteiger partial charge in [0.25, 0.3) is 0 Å². The molecule has 0 aliphatic carbocycles. The zero-order chi connectivity index (χ0) is 13.0. The molecular formula is C15H23BrN2. The highest BCUT2D eigenvalue weighted by atomic mass is 79.9. The first-order valence-electron chi connectivity index (χ1n) is 6.90. The van der Waals surface area contributed by atoms with E-state index < -0.39 is 0 Å². The van der Waals surface area contributed by atoms with Crippen LogP contribution < -0.4 is 5.32 Å². The minimum Gasteiger partial charge on any atom is -0.309 e. The second-order valence-electron chi connectivity index (χ2n) is 5.20. The van der Waals surface area contributed by atoms with Crippen LogP contribution >= 0.6 is 15.9 Å². The molecule has 1 unspecified atom stereocenters. The molecule has 1 N–H and O–H groups in total. The third-order valence-corrected chi connectivity index (χ3v) is 4.64. The fourth-order valence-corrected chi connectivity index (χ4v) is 2.94. The molecule has 18 heavy (non-hydrogen) atoms. The SMILES string of the molecule is CCN1CCCC(NCc2ccc(C)c(Br)c2)C1. The van der Waals surface area contributed by atoms with Gasteiger partial charge in [-0.3, -0.25) is 0 Å². The summed E-state index contributed by atoms with van der Waals surface area (Å²) in [6.07, 6.45) is 2.63. The quantitative estimate of drug-likeness (QED) is 0.917. The number of piperidine rings is 1. The van der Waals surface area contributed by atoms with E-state index in [0.29, 0.717) is 6.04 Å². The third-order valence-electron chi connectivity index (χ3n) is 3.78. The van der Waals surface area contributed by atoms with Gasteiger partial charge in [-0.05, 0) is 50.0 Å². The monoisotopic (exact) mass is 310 g/mol. The molecule has 0 aromatic heterocycles. The Morgan fingerprint density at radius 1 is 1.44 bits per heavy atom. The highest BCUT2D eigenvalue weighted by molar-refractivity contribution is 9.10. The average molecular weight is 311 g/mol. The van der Waals surface area contributed by atoms with Gasteiger partial charge < -0.3 is 10.2 Å². The number of hydrogen-bond acceptors (Lipinski definition) is 2. The fraction of sp³-hybridized carbons (Fsp3) is 0.600. The van der Waals surface area contributed by atoms with Crippen LogP contribution in [0, 0.1) is 6.92 Å². The molecule has 0 spiro atoms. The molecule has 1 aromatic carbocycles. The Balaban J connectivity index is 1.85. The lowest BCUT2D eigenvalue weighted by Gasteiger charge is -2.32. The molecule has 2 rings (SSSR count). The second-order valence-corrected chi connectivity index (χ2v) is 6.05. The number of rotatable bonds is 4. The topological polar surface area (TPSA) is 15.3 Å². The van der Waals surface area contributed by atoms with Crippen molar-refractivity contribution < 1.29 is 0 Å². The van der Waals surface area contributed by atoms with Crippen LogP contribution in [-0.2, 0) is 6.54 Å². The maximum absolute atomic E-state index is 3.69. The van der Waals surface area contributed by atoms with E-state index in [1.54, 1.807) is 0 Å². The molecule has 1 atom stereocenters. The normalized spacial score (nSPS) is 21.2. The summed E-state index contributed by atoms with van der Waals surface area (Å²) in [5.74, 6) is 0. The molecule has 2 nitrogen and oxygen atoms in total. The largest absolute Gasteiger partial charge is 0.309 e. The Kier molecular flexibility index (Phi) is 5.22. The molecule has 0 bridgehead atoms. The lowest BCUT2D eigenvalue weighted by Crippen LogP contribution is -2.45. The van der Waals surface area contributed by atoms with E-state index >= 15 is 0 Å². The highest BCUT2D eigenvalue weighted by Crippen LogP contribution is 2.18. The summed E-state index contributed by atoms with van der Waals surface area (Å²) in [6.45, 7) is 8.99. The van der Waals surface area contributed by atoms with Gasteiger partial charge in [0.15, 0.2) is 0 Å². The first-order chi connectivity index (χ1) is 8.69. The summed E-state index contributed by atoms with van der Waals surface area (Å²) >= 11 is 3.60. The number of likely N-dealkylation sites (tertiary alicyclic amines) is 1. The van der Waals surface area contributed by atoms with Crippen LogP contribution in [0.25, 0.3) is 0 Å². The first-order valence-corrected chi connectivity index (χ1v) is 7.69. The maximum atomic E-state index is 3.69. The van der Waals surface area contributed by atoms with Crippen molar-refractivity contribution in [1.82, 2.24) is 10.2 Å². The predicted octanol–water partition coefficient (Wildman–Crippen LogP) is 3.33. The number of hydrogen-bond donors (Lipinski definition) is 1. The van der Waals surface area contributed by atoms with Crippen molar-refractivity contribution in [1.29, 1.82) is 0 Å². The van der Waals surface area contributed by atoms with E-state index in [1.807, 2.05) is 0 Å². The van der Waals surface area contributed by atoms with Crippen LogP contribution in [0.5, 0.6) is 0 Å². The van der Waals surface area contributed by atoms with E-state index in [2.05, 4.69) is 58.2 Å². The summed E-state index contributed by atoms with van der Waals surface area (Å²) in [6, 6.07) is 7.27. The first kappa shape index (κ1) is 14.0. The van der Waals surface area contributed by atoms with Crippen molar-refractivity contribution in [3.63, 3.8) is 0 Å². The number of halogens is 1. The Hall–Kier alpha value is -0.380.